The van der Waals surface area contributed by atoms with Gasteiger partial charge in [-0.2, -0.15) is 0 Å². The van der Waals surface area contributed by atoms with E-state index in [4.69, 9.17) is 0 Å². The van der Waals surface area contributed by atoms with E-state index < -0.39 is 17.6 Å². The zero-order chi connectivity index (χ0) is 11.3. The van der Waals surface area contributed by atoms with Gasteiger partial charge < -0.3 is 4.74 Å². The minimum absolute atomic E-state index is 0.0705. The van der Waals surface area contributed by atoms with Crippen LogP contribution in [0.5, 0.6) is 0 Å². The maximum atomic E-state index is 13.0. The molecule has 0 heterocycles. The molecule has 4 heteroatoms. The molecule has 0 aliphatic carbocycles. The predicted octanol–water partition coefficient (Wildman–Crippen LogP) is 1.88. The monoisotopic (exact) mass is 210 g/mol. The lowest BCUT2D eigenvalue weighted by Crippen LogP contribution is -1.97. The van der Waals surface area contributed by atoms with Crippen LogP contribution in [0, 0.1) is 23.5 Å². The molecule has 0 saturated heterocycles. The van der Waals surface area contributed by atoms with Gasteiger partial charge in [0, 0.05) is 0 Å². The molecule has 78 valence electrons. The molecule has 0 aliphatic heterocycles. The van der Waals surface area contributed by atoms with E-state index in [-0.39, 0.29) is 12.0 Å². The number of methoxy groups -OCH3 is 1. The highest BCUT2D eigenvalue weighted by molar-refractivity contribution is 5.72. The molecule has 0 atom stereocenters. The van der Waals surface area contributed by atoms with Crippen molar-refractivity contribution in [3.63, 3.8) is 0 Å². The highest BCUT2D eigenvalue weighted by Gasteiger charge is 2.00. The van der Waals surface area contributed by atoms with Crippen LogP contribution in [-0.2, 0) is 9.53 Å². The Morgan fingerprint density at radius 3 is 2.87 bits per heavy atom. The fourth-order valence-corrected chi connectivity index (χ4v) is 0.877. The molecule has 0 radical (unpaired) electrons. The Labute approximate surface area is 85.9 Å². The molecule has 1 aromatic rings. The third-order valence-electron chi connectivity index (χ3n) is 1.61. The molecule has 0 bridgehead atoms. The molecular formula is C11H8F2O2. The molecule has 0 aliphatic rings. The molecule has 0 spiro atoms. The third kappa shape index (κ3) is 3.39. The number of carbonyl (C=O) groups is 1. The van der Waals surface area contributed by atoms with E-state index in [0.717, 1.165) is 18.2 Å². The van der Waals surface area contributed by atoms with Gasteiger partial charge in [-0.25, -0.2) is 8.78 Å². The molecule has 0 fully saturated rings. The number of rotatable bonds is 1. The number of esters is 1. The zero-order valence-electron chi connectivity index (χ0n) is 8.01. The van der Waals surface area contributed by atoms with E-state index in [2.05, 4.69) is 16.6 Å². The Kier molecular flexibility index (Phi) is 3.81. The number of hydrogen-bond donors (Lipinski definition) is 0. The van der Waals surface area contributed by atoms with Crippen molar-refractivity contribution >= 4 is 5.97 Å². The van der Waals surface area contributed by atoms with Gasteiger partial charge in [0.2, 0.25) is 0 Å². The smallest absolute Gasteiger partial charge is 0.317 e. The van der Waals surface area contributed by atoms with Gasteiger partial charge in [-0.05, 0) is 18.2 Å². The van der Waals surface area contributed by atoms with E-state index in [9.17, 15) is 13.6 Å². The summed E-state index contributed by atoms with van der Waals surface area (Å²) in [5.41, 5.74) is -0.0705. The van der Waals surface area contributed by atoms with E-state index in [1.165, 1.54) is 7.11 Å². The number of halogens is 2. The first kappa shape index (κ1) is 11.2. The second kappa shape index (κ2) is 5.11. The fraction of sp³-hybridized carbons (Fsp3) is 0.182. The zero-order valence-corrected chi connectivity index (χ0v) is 8.01. The fourth-order valence-electron chi connectivity index (χ4n) is 0.877. The van der Waals surface area contributed by atoms with Crippen molar-refractivity contribution < 1.29 is 18.3 Å². The Morgan fingerprint density at radius 1 is 1.47 bits per heavy atom. The summed E-state index contributed by atoms with van der Waals surface area (Å²) in [6.07, 6.45) is -0.146. The average molecular weight is 210 g/mol. The molecule has 0 aromatic heterocycles. The maximum Gasteiger partial charge on any atom is 0.317 e. The minimum atomic E-state index is -0.617. The van der Waals surface area contributed by atoms with Gasteiger partial charge in [0.05, 0.1) is 12.7 Å². The molecule has 1 aromatic carbocycles. The van der Waals surface area contributed by atoms with Gasteiger partial charge in [-0.3, -0.25) is 4.79 Å². The number of ether oxygens (including phenoxy) is 1. The van der Waals surface area contributed by atoms with Crippen LogP contribution in [0.3, 0.4) is 0 Å². The molecule has 1 rings (SSSR count). The van der Waals surface area contributed by atoms with Crippen LogP contribution in [0.15, 0.2) is 18.2 Å². The number of hydrogen-bond acceptors (Lipinski definition) is 2. The van der Waals surface area contributed by atoms with Crippen molar-refractivity contribution in [3.8, 4) is 11.8 Å². The largest absolute Gasteiger partial charge is 0.468 e. The van der Waals surface area contributed by atoms with Crippen LogP contribution >= 0.6 is 0 Å². The first-order valence-corrected chi connectivity index (χ1v) is 4.14. The van der Waals surface area contributed by atoms with Crippen molar-refractivity contribution in [2.45, 2.75) is 6.42 Å². The molecule has 0 saturated carbocycles. The summed E-state index contributed by atoms with van der Waals surface area (Å²) in [7, 11) is 1.23. The average Bonchev–Trinajstić information content (AvgIpc) is 2.23. The normalized spacial score (nSPS) is 9.00. The SMILES string of the molecule is COC(=O)CC#Cc1cc(F)ccc1F. The van der Waals surface area contributed by atoms with E-state index >= 15 is 0 Å². The summed E-state index contributed by atoms with van der Waals surface area (Å²) in [6, 6.07) is 2.96. The second-order valence-electron chi connectivity index (χ2n) is 2.68. The van der Waals surface area contributed by atoms with Crippen LogP contribution in [0.4, 0.5) is 8.78 Å². The molecule has 2 nitrogen and oxygen atoms in total. The van der Waals surface area contributed by atoms with Crippen molar-refractivity contribution in [1.82, 2.24) is 0 Å². The van der Waals surface area contributed by atoms with Crippen molar-refractivity contribution in [2.75, 3.05) is 7.11 Å². The van der Waals surface area contributed by atoms with Crippen molar-refractivity contribution in [1.29, 1.82) is 0 Å². The van der Waals surface area contributed by atoms with E-state index in [0.29, 0.717) is 0 Å². The van der Waals surface area contributed by atoms with Gasteiger partial charge in [0.25, 0.3) is 0 Å². The number of carbonyl (C=O) groups excluding carboxylic acids is 1. The summed E-state index contributed by atoms with van der Waals surface area (Å²) in [6.45, 7) is 0. The predicted molar refractivity (Wildman–Crippen MR) is 49.9 cm³/mol. The first-order chi connectivity index (χ1) is 7.13. The molecule has 0 unspecified atom stereocenters. The molecule has 15 heavy (non-hydrogen) atoms. The van der Waals surface area contributed by atoms with Crippen LogP contribution in [0.1, 0.15) is 12.0 Å². The topological polar surface area (TPSA) is 26.3 Å². The van der Waals surface area contributed by atoms with Crippen LogP contribution in [-0.4, -0.2) is 13.1 Å². The second-order valence-corrected chi connectivity index (χ2v) is 2.68. The van der Waals surface area contributed by atoms with Crippen molar-refractivity contribution in [2.24, 2.45) is 0 Å². The maximum absolute atomic E-state index is 13.0. The lowest BCUT2D eigenvalue weighted by molar-refractivity contribution is -0.139. The van der Waals surface area contributed by atoms with Crippen LogP contribution in [0.2, 0.25) is 0 Å². The summed E-state index contributed by atoms with van der Waals surface area (Å²) in [4.78, 5) is 10.7. The Bertz CT molecular complexity index is 430. The summed E-state index contributed by atoms with van der Waals surface area (Å²) in [5, 5.41) is 0. The highest BCUT2D eigenvalue weighted by atomic mass is 19.1. The van der Waals surface area contributed by atoms with E-state index in [1.54, 1.807) is 0 Å². The quantitative estimate of drug-likeness (QED) is 0.522. The highest BCUT2D eigenvalue weighted by Crippen LogP contribution is 2.07. The number of benzene rings is 1. The Hall–Kier alpha value is -1.89. The summed E-state index contributed by atoms with van der Waals surface area (Å²) < 4.78 is 30.0. The van der Waals surface area contributed by atoms with Crippen LogP contribution in [0.25, 0.3) is 0 Å². The minimum Gasteiger partial charge on any atom is -0.468 e. The molecule has 0 N–H and O–H groups in total. The summed E-state index contributed by atoms with van der Waals surface area (Å²) in [5.74, 6) is 3.04. The van der Waals surface area contributed by atoms with Gasteiger partial charge in [0.1, 0.15) is 18.1 Å². The third-order valence-corrected chi connectivity index (χ3v) is 1.61. The van der Waals surface area contributed by atoms with Gasteiger partial charge >= 0.3 is 5.97 Å². The van der Waals surface area contributed by atoms with Gasteiger partial charge in [0.15, 0.2) is 0 Å². The lowest BCUT2D eigenvalue weighted by atomic mass is 10.2. The lowest BCUT2D eigenvalue weighted by Gasteiger charge is -1.93. The van der Waals surface area contributed by atoms with Crippen LogP contribution < -0.4 is 0 Å². The van der Waals surface area contributed by atoms with Gasteiger partial charge in [-0.1, -0.05) is 11.8 Å². The Balaban J connectivity index is 2.79. The van der Waals surface area contributed by atoms with Gasteiger partial charge in [-0.15, -0.1) is 0 Å². The molecular weight excluding hydrogens is 202 g/mol. The van der Waals surface area contributed by atoms with Crippen molar-refractivity contribution in [3.05, 3.63) is 35.4 Å². The summed E-state index contributed by atoms with van der Waals surface area (Å²) >= 11 is 0. The Morgan fingerprint density at radius 2 is 2.20 bits per heavy atom. The standard InChI is InChI=1S/C11H8F2O2/c1-15-11(14)4-2-3-8-7-9(12)5-6-10(8)13/h5-7H,4H2,1H3. The molecule has 0 amide bonds. The first-order valence-electron chi connectivity index (χ1n) is 4.14. The van der Waals surface area contributed by atoms with E-state index in [1.807, 2.05) is 0 Å².